The molecule has 0 radical (unpaired) electrons. The Kier molecular flexibility index (Phi) is 5.48. The fraction of sp³-hybridized carbons (Fsp3) is 0.211. The Bertz CT molecular complexity index is 1040. The van der Waals surface area contributed by atoms with E-state index in [9.17, 15) is 4.79 Å². The minimum absolute atomic E-state index is 0.248. The van der Waals surface area contributed by atoms with Crippen LogP contribution in [0.25, 0.3) is 17.1 Å². The van der Waals surface area contributed by atoms with Crippen LogP contribution in [0.1, 0.15) is 6.42 Å². The van der Waals surface area contributed by atoms with Crippen LogP contribution in [0.2, 0.25) is 10.0 Å². The van der Waals surface area contributed by atoms with Gasteiger partial charge in [0, 0.05) is 22.0 Å². The third kappa shape index (κ3) is 3.70. The zero-order chi connectivity index (χ0) is 19.7. The number of carbonyl (C=O) groups excluding carboxylic acids is 1. The molecule has 0 amide bonds. The van der Waals surface area contributed by atoms with E-state index in [1.807, 2.05) is 16.7 Å². The number of esters is 1. The number of ether oxygens (including phenoxy) is 2. The summed E-state index contributed by atoms with van der Waals surface area (Å²) in [5.74, 6) is 0.919. The van der Waals surface area contributed by atoms with Crippen molar-refractivity contribution in [3.8, 4) is 22.8 Å². The maximum atomic E-state index is 12.0. The molecule has 1 saturated heterocycles. The van der Waals surface area contributed by atoms with Gasteiger partial charge in [0.2, 0.25) is 0 Å². The normalized spacial score (nSPS) is 16.2. The molecule has 0 aliphatic carbocycles. The lowest BCUT2D eigenvalue weighted by Crippen LogP contribution is -2.11. The first-order chi connectivity index (χ1) is 13.6. The van der Waals surface area contributed by atoms with Gasteiger partial charge < -0.3 is 9.47 Å². The number of benzene rings is 2. The molecule has 6 nitrogen and oxygen atoms in total. The molecule has 0 bridgehead atoms. The molecule has 28 heavy (non-hydrogen) atoms. The number of carbonyl (C=O) groups is 1. The van der Waals surface area contributed by atoms with Crippen molar-refractivity contribution in [1.82, 2.24) is 14.8 Å². The Labute approximate surface area is 175 Å². The molecule has 0 N–H and O–H groups in total. The first-order valence-corrected chi connectivity index (χ1v) is 10.1. The molecule has 1 aliphatic heterocycles. The van der Waals surface area contributed by atoms with Crippen LogP contribution in [0.4, 0.5) is 0 Å². The summed E-state index contributed by atoms with van der Waals surface area (Å²) < 4.78 is 12.4. The molecular formula is C19H15Cl2N3O3S. The third-order valence-corrected chi connectivity index (χ3v) is 5.89. The van der Waals surface area contributed by atoms with Gasteiger partial charge in [0.05, 0.1) is 19.4 Å². The van der Waals surface area contributed by atoms with E-state index in [1.165, 1.54) is 11.8 Å². The predicted octanol–water partition coefficient (Wildman–Crippen LogP) is 4.66. The van der Waals surface area contributed by atoms with Gasteiger partial charge in [0.15, 0.2) is 11.0 Å². The van der Waals surface area contributed by atoms with E-state index in [0.717, 1.165) is 5.56 Å². The molecule has 3 aromatic rings. The average Bonchev–Trinajstić information content (AvgIpc) is 3.28. The van der Waals surface area contributed by atoms with Crippen molar-refractivity contribution >= 4 is 40.9 Å². The van der Waals surface area contributed by atoms with E-state index in [1.54, 1.807) is 37.4 Å². The molecule has 0 saturated carbocycles. The van der Waals surface area contributed by atoms with Crippen LogP contribution < -0.4 is 4.74 Å². The van der Waals surface area contributed by atoms with Gasteiger partial charge in [-0.05, 0) is 30.3 Å². The van der Waals surface area contributed by atoms with Crippen molar-refractivity contribution in [3.05, 3.63) is 52.5 Å². The van der Waals surface area contributed by atoms with Crippen LogP contribution in [-0.4, -0.2) is 39.7 Å². The summed E-state index contributed by atoms with van der Waals surface area (Å²) in [5, 5.41) is 10.0. The first-order valence-electron chi connectivity index (χ1n) is 8.45. The number of hydrogen-bond acceptors (Lipinski definition) is 6. The molecule has 144 valence electrons. The predicted molar refractivity (Wildman–Crippen MR) is 109 cm³/mol. The van der Waals surface area contributed by atoms with Crippen LogP contribution in [0.15, 0.2) is 47.6 Å². The first kappa shape index (κ1) is 19.1. The summed E-state index contributed by atoms with van der Waals surface area (Å²) >= 11 is 13.7. The van der Waals surface area contributed by atoms with E-state index >= 15 is 0 Å². The Morgan fingerprint density at radius 2 is 2.00 bits per heavy atom. The molecule has 1 atom stereocenters. The maximum absolute atomic E-state index is 12.0. The lowest BCUT2D eigenvalue weighted by atomic mass is 10.2. The van der Waals surface area contributed by atoms with Crippen molar-refractivity contribution in [3.63, 3.8) is 0 Å². The van der Waals surface area contributed by atoms with Crippen molar-refractivity contribution in [1.29, 1.82) is 0 Å². The van der Waals surface area contributed by atoms with Crippen LogP contribution in [0, 0.1) is 0 Å². The summed E-state index contributed by atoms with van der Waals surface area (Å²) in [6.07, 6.45) is 0.621. The van der Waals surface area contributed by atoms with Gasteiger partial charge in [0.25, 0.3) is 0 Å². The largest absolute Gasteiger partial charge is 0.495 e. The molecule has 4 rings (SSSR count). The number of thioether (sulfide) groups is 1. The summed E-state index contributed by atoms with van der Waals surface area (Å²) in [5.41, 5.74) is 1.45. The number of aromatic nitrogens is 3. The van der Waals surface area contributed by atoms with Gasteiger partial charge in [-0.15, -0.1) is 10.2 Å². The Hall–Kier alpha value is -2.22. The second-order valence-electron chi connectivity index (χ2n) is 6.03. The molecule has 1 fully saturated rings. The third-order valence-electron chi connectivity index (χ3n) is 4.23. The van der Waals surface area contributed by atoms with Gasteiger partial charge in [-0.1, -0.05) is 47.1 Å². The Morgan fingerprint density at radius 3 is 2.71 bits per heavy atom. The summed E-state index contributed by atoms with van der Waals surface area (Å²) in [6, 6.07) is 12.6. The highest BCUT2D eigenvalue weighted by atomic mass is 35.5. The number of halogens is 2. The second-order valence-corrected chi connectivity index (χ2v) is 8.07. The number of cyclic esters (lactones) is 1. The highest BCUT2D eigenvalue weighted by Crippen LogP contribution is 2.37. The van der Waals surface area contributed by atoms with Crippen molar-refractivity contribution in [2.24, 2.45) is 0 Å². The van der Waals surface area contributed by atoms with Crippen LogP contribution in [0.3, 0.4) is 0 Å². The molecular weight excluding hydrogens is 421 g/mol. The monoisotopic (exact) mass is 435 g/mol. The zero-order valence-electron chi connectivity index (χ0n) is 14.8. The number of nitrogens with zero attached hydrogens (tertiary/aromatic N) is 3. The highest BCUT2D eigenvalue weighted by Gasteiger charge is 2.31. The summed E-state index contributed by atoms with van der Waals surface area (Å²) in [6.45, 7) is 0.409. The molecule has 0 unspecified atom stereocenters. The smallest absolute Gasteiger partial charge is 0.319 e. The van der Waals surface area contributed by atoms with E-state index in [-0.39, 0.29) is 11.2 Å². The fourth-order valence-corrected chi connectivity index (χ4v) is 4.30. The summed E-state index contributed by atoms with van der Waals surface area (Å²) in [7, 11) is 1.58. The van der Waals surface area contributed by atoms with E-state index in [2.05, 4.69) is 10.2 Å². The highest BCUT2D eigenvalue weighted by molar-refractivity contribution is 8.00. The minimum Gasteiger partial charge on any atom is -0.495 e. The number of methoxy groups -OCH3 is 1. The van der Waals surface area contributed by atoms with E-state index in [4.69, 9.17) is 32.7 Å². The molecule has 2 aromatic carbocycles. The van der Waals surface area contributed by atoms with Gasteiger partial charge >= 0.3 is 5.97 Å². The minimum atomic E-state index is -0.333. The van der Waals surface area contributed by atoms with Gasteiger partial charge in [-0.25, -0.2) is 0 Å². The lowest BCUT2D eigenvalue weighted by molar-refractivity contribution is -0.137. The Balaban J connectivity index is 1.89. The van der Waals surface area contributed by atoms with Crippen molar-refractivity contribution in [2.75, 3.05) is 13.7 Å². The van der Waals surface area contributed by atoms with Gasteiger partial charge in [0.1, 0.15) is 11.0 Å². The standard InChI is InChI=1S/C19H15Cl2N3O3S/c1-26-15-6-5-13(21)10-14(15)24-17(11-3-2-4-12(20)9-11)22-23-19(24)28-16-7-8-27-18(16)25/h2-6,9-10,16H,7-8H2,1H3/t16-/m0/s1. The SMILES string of the molecule is COc1ccc(Cl)cc1-n1c(S[C@H]2CCOC2=O)nnc1-c1cccc(Cl)c1. The Morgan fingerprint density at radius 1 is 1.18 bits per heavy atom. The number of rotatable bonds is 5. The topological polar surface area (TPSA) is 66.2 Å². The second kappa shape index (κ2) is 8.03. The van der Waals surface area contributed by atoms with Crippen LogP contribution in [-0.2, 0) is 9.53 Å². The lowest BCUT2D eigenvalue weighted by Gasteiger charge is -2.15. The molecule has 2 heterocycles. The summed E-state index contributed by atoms with van der Waals surface area (Å²) in [4.78, 5) is 12.0. The molecule has 9 heteroatoms. The average molecular weight is 436 g/mol. The quantitative estimate of drug-likeness (QED) is 0.543. The van der Waals surface area contributed by atoms with Crippen LogP contribution in [0.5, 0.6) is 5.75 Å². The molecule has 1 aromatic heterocycles. The fourth-order valence-electron chi connectivity index (χ4n) is 2.93. The zero-order valence-corrected chi connectivity index (χ0v) is 17.1. The van der Waals surface area contributed by atoms with Gasteiger partial charge in [-0.3, -0.25) is 9.36 Å². The van der Waals surface area contributed by atoms with Gasteiger partial charge in [-0.2, -0.15) is 0 Å². The maximum Gasteiger partial charge on any atom is 0.319 e. The van der Waals surface area contributed by atoms with Crippen molar-refractivity contribution in [2.45, 2.75) is 16.8 Å². The number of hydrogen-bond donors (Lipinski definition) is 0. The molecule has 0 spiro atoms. The van der Waals surface area contributed by atoms with Crippen molar-refractivity contribution < 1.29 is 14.3 Å². The van der Waals surface area contributed by atoms with E-state index < -0.39 is 0 Å². The van der Waals surface area contributed by atoms with E-state index in [0.29, 0.717) is 45.5 Å². The van der Waals surface area contributed by atoms with Crippen LogP contribution >= 0.6 is 35.0 Å². The molecule has 1 aliphatic rings.